The number of nitrogens with zero attached hydrogens (tertiary/aromatic N) is 1. The summed E-state index contributed by atoms with van der Waals surface area (Å²) in [5, 5.41) is 5.90. The highest BCUT2D eigenvalue weighted by molar-refractivity contribution is 6.31. The molecule has 136 valence electrons. The molecule has 0 spiro atoms. The fraction of sp³-hybridized carbons (Fsp3) is 0.471. The smallest absolute Gasteiger partial charge is 0.324 e. The summed E-state index contributed by atoms with van der Waals surface area (Å²) in [4.78, 5) is 37.3. The Morgan fingerprint density at radius 3 is 2.76 bits per heavy atom. The van der Waals surface area contributed by atoms with Gasteiger partial charge in [-0.05, 0) is 25.0 Å². The second-order valence-electron chi connectivity index (χ2n) is 5.88. The molecule has 0 aromatic heterocycles. The van der Waals surface area contributed by atoms with Gasteiger partial charge in [0.15, 0.2) is 0 Å². The molecule has 0 aliphatic carbocycles. The van der Waals surface area contributed by atoms with Crippen LogP contribution in [0.5, 0.6) is 5.75 Å². The van der Waals surface area contributed by atoms with Crippen LogP contribution in [0.3, 0.4) is 0 Å². The van der Waals surface area contributed by atoms with Crippen LogP contribution in [0, 0.1) is 6.92 Å². The minimum Gasteiger partial charge on any atom is -0.495 e. The molecule has 1 aromatic rings. The van der Waals surface area contributed by atoms with Gasteiger partial charge in [0.2, 0.25) is 5.91 Å². The highest BCUT2D eigenvalue weighted by Gasteiger charge is 2.37. The van der Waals surface area contributed by atoms with Crippen molar-refractivity contribution in [2.45, 2.75) is 39.2 Å². The summed E-state index contributed by atoms with van der Waals surface area (Å²) in [6.07, 6.45) is 1.39. The van der Waals surface area contributed by atoms with Crippen LogP contribution in [0.1, 0.15) is 31.7 Å². The minimum atomic E-state index is -0.487. The van der Waals surface area contributed by atoms with Gasteiger partial charge in [0.05, 0.1) is 12.8 Å². The molecule has 1 saturated heterocycles. The molecule has 7 nitrogen and oxygen atoms in total. The van der Waals surface area contributed by atoms with Crippen molar-refractivity contribution in [3.8, 4) is 5.75 Å². The number of anilines is 1. The Kier molecular flexibility index (Phi) is 6.25. The van der Waals surface area contributed by atoms with Gasteiger partial charge in [-0.15, -0.1) is 0 Å². The lowest BCUT2D eigenvalue weighted by molar-refractivity contribution is -0.127. The number of ether oxygens (including phenoxy) is 1. The van der Waals surface area contributed by atoms with E-state index in [0.29, 0.717) is 22.9 Å². The standard InChI is InChI=1S/C17H22ClN3O4/c1-4-5-12-16(23)21(17(24)20-12)7-6-15(22)19-13-8-10(2)11(18)9-14(13)25-3/h8-9,12H,4-7H2,1-3H3,(H,19,22)(H,20,24). The molecule has 0 radical (unpaired) electrons. The van der Waals surface area contributed by atoms with E-state index in [0.717, 1.165) is 16.9 Å². The summed E-state index contributed by atoms with van der Waals surface area (Å²) in [6, 6.07) is 2.40. The van der Waals surface area contributed by atoms with Gasteiger partial charge in [-0.2, -0.15) is 0 Å². The first-order valence-electron chi connectivity index (χ1n) is 8.13. The number of rotatable bonds is 7. The van der Waals surface area contributed by atoms with Crippen LogP contribution >= 0.6 is 11.6 Å². The van der Waals surface area contributed by atoms with Gasteiger partial charge in [0, 0.05) is 24.1 Å². The number of aryl methyl sites for hydroxylation is 1. The fourth-order valence-corrected chi connectivity index (χ4v) is 2.78. The van der Waals surface area contributed by atoms with E-state index in [9.17, 15) is 14.4 Å². The SMILES string of the molecule is CCCC1NC(=O)N(CCC(=O)Nc2cc(C)c(Cl)cc2OC)C1=O. The number of benzene rings is 1. The van der Waals surface area contributed by atoms with Gasteiger partial charge in [-0.3, -0.25) is 14.5 Å². The number of nitrogens with one attached hydrogen (secondary N) is 2. The molecule has 1 heterocycles. The maximum absolute atomic E-state index is 12.2. The zero-order chi connectivity index (χ0) is 18.6. The Balaban J connectivity index is 1.96. The third kappa shape index (κ3) is 4.42. The van der Waals surface area contributed by atoms with Crippen molar-refractivity contribution < 1.29 is 19.1 Å². The first kappa shape index (κ1) is 19.1. The lowest BCUT2D eigenvalue weighted by atomic mass is 10.1. The quantitative estimate of drug-likeness (QED) is 0.725. The number of hydrogen-bond acceptors (Lipinski definition) is 4. The molecule has 1 atom stereocenters. The zero-order valence-corrected chi connectivity index (χ0v) is 15.3. The van der Waals surface area contributed by atoms with Crippen LogP contribution in [-0.2, 0) is 9.59 Å². The van der Waals surface area contributed by atoms with Gasteiger partial charge in [0.25, 0.3) is 5.91 Å². The van der Waals surface area contributed by atoms with Crippen molar-refractivity contribution in [1.29, 1.82) is 0 Å². The summed E-state index contributed by atoms with van der Waals surface area (Å²) in [5.74, 6) is -0.152. The Hall–Kier alpha value is -2.28. The van der Waals surface area contributed by atoms with Crippen molar-refractivity contribution >= 4 is 35.1 Å². The first-order valence-corrected chi connectivity index (χ1v) is 8.51. The summed E-state index contributed by atoms with van der Waals surface area (Å²) >= 11 is 6.04. The Labute approximate surface area is 151 Å². The summed E-state index contributed by atoms with van der Waals surface area (Å²) < 4.78 is 5.21. The largest absolute Gasteiger partial charge is 0.495 e. The van der Waals surface area contributed by atoms with E-state index >= 15 is 0 Å². The predicted octanol–water partition coefficient (Wildman–Crippen LogP) is 2.71. The van der Waals surface area contributed by atoms with E-state index < -0.39 is 12.1 Å². The van der Waals surface area contributed by atoms with Gasteiger partial charge in [-0.25, -0.2) is 4.79 Å². The molecule has 0 bridgehead atoms. The van der Waals surface area contributed by atoms with Crippen LogP contribution in [0.2, 0.25) is 5.02 Å². The minimum absolute atomic E-state index is 0.00281. The molecule has 2 rings (SSSR count). The first-order chi connectivity index (χ1) is 11.9. The van der Waals surface area contributed by atoms with Crippen LogP contribution in [0.25, 0.3) is 0 Å². The molecule has 1 aromatic carbocycles. The van der Waals surface area contributed by atoms with Crippen molar-refractivity contribution in [3.05, 3.63) is 22.7 Å². The van der Waals surface area contributed by atoms with E-state index in [-0.39, 0.29) is 24.8 Å². The zero-order valence-electron chi connectivity index (χ0n) is 14.5. The maximum Gasteiger partial charge on any atom is 0.324 e. The molecule has 1 unspecified atom stereocenters. The lowest BCUT2D eigenvalue weighted by Crippen LogP contribution is -2.34. The average molecular weight is 368 g/mol. The number of carbonyl (C=O) groups is 3. The van der Waals surface area contributed by atoms with Gasteiger partial charge >= 0.3 is 6.03 Å². The van der Waals surface area contributed by atoms with Crippen LogP contribution in [0.15, 0.2) is 12.1 Å². The highest BCUT2D eigenvalue weighted by Crippen LogP contribution is 2.31. The molecule has 2 N–H and O–H groups in total. The highest BCUT2D eigenvalue weighted by atomic mass is 35.5. The summed E-state index contributed by atoms with van der Waals surface area (Å²) in [6.45, 7) is 3.79. The number of carbonyl (C=O) groups excluding carboxylic acids is 3. The van der Waals surface area contributed by atoms with Crippen LogP contribution < -0.4 is 15.4 Å². The van der Waals surface area contributed by atoms with E-state index in [2.05, 4.69) is 10.6 Å². The number of imide groups is 1. The fourth-order valence-electron chi connectivity index (χ4n) is 2.63. The Morgan fingerprint density at radius 2 is 2.12 bits per heavy atom. The Bertz CT molecular complexity index is 693. The number of amides is 4. The normalized spacial score (nSPS) is 16.8. The van der Waals surface area contributed by atoms with Crippen molar-refractivity contribution in [1.82, 2.24) is 10.2 Å². The molecule has 1 aliphatic rings. The molecule has 8 heteroatoms. The van der Waals surface area contributed by atoms with E-state index in [1.165, 1.54) is 7.11 Å². The molecule has 1 aliphatic heterocycles. The number of urea groups is 1. The number of halogens is 1. The average Bonchev–Trinajstić information content (AvgIpc) is 2.83. The van der Waals surface area contributed by atoms with Gasteiger partial charge in [-0.1, -0.05) is 24.9 Å². The van der Waals surface area contributed by atoms with Crippen molar-refractivity contribution in [3.63, 3.8) is 0 Å². The third-order valence-electron chi connectivity index (χ3n) is 4.00. The topological polar surface area (TPSA) is 87.7 Å². The second-order valence-corrected chi connectivity index (χ2v) is 6.29. The second kappa shape index (κ2) is 8.20. The van der Waals surface area contributed by atoms with Gasteiger partial charge in [0.1, 0.15) is 11.8 Å². The summed E-state index contributed by atoms with van der Waals surface area (Å²) in [5.41, 5.74) is 1.30. The third-order valence-corrected chi connectivity index (χ3v) is 4.41. The van der Waals surface area contributed by atoms with E-state index in [1.807, 2.05) is 13.8 Å². The van der Waals surface area contributed by atoms with Crippen LogP contribution in [0.4, 0.5) is 10.5 Å². The molecular formula is C17H22ClN3O4. The molecule has 0 saturated carbocycles. The maximum atomic E-state index is 12.2. The van der Waals surface area contributed by atoms with Gasteiger partial charge < -0.3 is 15.4 Å². The monoisotopic (exact) mass is 367 g/mol. The molecular weight excluding hydrogens is 346 g/mol. The Morgan fingerprint density at radius 1 is 1.40 bits per heavy atom. The molecule has 4 amide bonds. The van der Waals surface area contributed by atoms with E-state index in [4.69, 9.17) is 16.3 Å². The van der Waals surface area contributed by atoms with Crippen molar-refractivity contribution in [2.75, 3.05) is 19.0 Å². The van der Waals surface area contributed by atoms with Crippen molar-refractivity contribution in [2.24, 2.45) is 0 Å². The van der Waals surface area contributed by atoms with E-state index in [1.54, 1.807) is 12.1 Å². The number of methoxy groups -OCH3 is 1. The predicted molar refractivity (Wildman–Crippen MR) is 94.9 cm³/mol. The lowest BCUT2D eigenvalue weighted by Gasteiger charge is -2.14. The summed E-state index contributed by atoms with van der Waals surface area (Å²) in [7, 11) is 1.48. The van der Waals surface area contributed by atoms with Crippen LogP contribution in [-0.4, -0.2) is 42.4 Å². The molecule has 25 heavy (non-hydrogen) atoms. The molecule has 1 fully saturated rings. The number of hydrogen-bond donors (Lipinski definition) is 2.